The highest BCUT2D eigenvalue weighted by molar-refractivity contribution is 14.1. The highest BCUT2D eigenvalue weighted by atomic mass is 127. The number of alkyl halides is 1. The second-order valence-electron chi connectivity index (χ2n) is 2.10. The van der Waals surface area contributed by atoms with E-state index >= 15 is 0 Å². The molecule has 0 N–H and O–H groups in total. The van der Waals surface area contributed by atoms with Crippen LogP contribution >= 0.6 is 49.9 Å². The molecule has 2 rings (SSSR count). The first-order chi connectivity index (χ1) is 5.86. The molecule has 0 bridgehead atoms. The van der Waals surface area contributed by atoms with E-state index in [1.165, 1.54) is 10.1 Å². The number of halogens is 2. The largest absolute Gasteiger partial charge is 0.144 e. The molecule has 1 aromatic carbocycles. The summed E-state index contributed by atoms with van der Waals surface area (Å²) in [5, 5.41) is 3.43. The zero-order valence-electron chi connectivity index (χ0n) is 6.55. The summed E-state index contributed by atoms with van der Waals surface area (Å²) < 4.78 is 2.50. The number of hydrogen-bond donors (Lipinski definition) is 0. The van der Waals surface area contributed by atoms with Gasteiger partial charge in [-0.25, -0.2) is 0 Å². The Bertz CT molecular complexity index is 356. The van der Waals surface area contributed by atoms with Gasteiger partial charge in [0.05, 0.1) is 0 Å². The molecule has 0 radical (unpaired) electrons. The minimum absolute atomic E-state index is 1.15. The summed E-state index contributed by atoms with van der Waals surface area (Å²) in [4.78, 5) is 1.97. The van der Waals surface area contributed by atoms with Gasteiger partial charge in [-0.05, 0) is 40.0 Å². The Balaban J connectivity index is 0.000000336. The Hall–Kier alpha value is 0.390. The van der Waals surface area contributed by atoms with Crippen LogP contribution in [0.5, 0.6) is 0 Å². The minimum Gasteiger partial charge on any atom is -0.144 e. The van der Waals surface area contributed by atoms with Crippen molar-refractivity contribution in [1.29, 1.82) is 0 Å². The lowest BCUT2D eigenvalue weighted by molar-refractivity contribution is 1.77. The molecule has 0 aliphatic heterocycles. The first kappa shape index (κ1) is 10.5. The number of hydrogen-bond acceptors (Lipinski definition) is 1. The molecule has 0 atom stereocenters. The Labute approximate surface area is 98.3 Å². The second-order valence-corrected chi connectivity index (χ2v) is 3.97. The van der Waals surface area contributed by atoms with Crippen molar-refractivity contribution in [2.75, 3.05) is 4.93 Å². The van der Waals surface area contributed by atoms with E-state index < -0.39 is 0 Å². The topological polar surface area (TPSA) is 0 Å². The number of benzene rings is 1. The zero-order chi connectivity index (χ0) is 8.97. The van der Waals surface area contributed by atoms with Crippen LogP contribution in [0.4, 0.5) is 0 Å². The first-order valence-corrected chi connectivity index (χ1v) is 7.20. The van der Waals surface area contributed by atoms with Crippen LogP contribution in [-0.4, -0.2) is 4.93 Å². The van der Waals surface area contributed by atoms with Gasteiger partial charge in [0.1, 0.15) is 0 Å². The summed E-state index contributed by atoms with van der Waals surface area (Å²) in [7, 11) is 0. The van der Waals surface area contributed by atoms with Crippen molar-refractivity contribution in [2.24, 2.45) is 0 Å². The predicted molar refractivity (Wildman–Crippen MR) is 69.5 cm³/mol. The van der Waals surface area contributed by atoms with Crippen LogP contribution in [0, 0.1) is 0 Å². The van der Waals surface area contributed by atoms with Crippen LogP contribution in [0.25, 0.3) is 10.1 Å². The maximum Gasteiger partial charge on any atom is 0.0343 e. The van der Waals surface area contributed by atoms with Gasteiger partial charge < -0.3 is 0 Å². The fraction of sp³-hybridized carbons (Fsp3) is 0.111. The van der Waals surface area contributed by atoms with Gasteiger partial charge in [-0.3, -0.25) is 0 Å². The molecule has 3 heteroatoms. The second kappa shape index (κ2) is 5.19. The molecule has 0 spiro atoms. The van der Waals surface area contributed by atoms with E-state index in [9.17, 15) is 0 Å². The standard InChI is InChI=1S/C8H5BrS.CH3I/c9-7-1-2-8-6(5-7)3-4-10-8;1-2/h1-5H;1H3. The number of rotatable bonds is 0. The maximum absolute atomic E-state index is 3.42. The highest BCUT2D eigenvalue weighted by Gasteiger charge is 1.92. The molecule has 1 heterocycles. The zero-order valence-corrected chi connectivity index (χ0v) is 11.1. The molecular formula is C9H8BrIS. The van der Waals surface area contributed by atoms with Crippen molar-refractivity contribution in [3.05, 3.63) is 34.1 Å². The molecular weight excluding hydrogens is 347 g/mol. The highest BCUT2D eigenvalue weighted by Crippen LogP contribution is 2.23. The Kier molecular flexibility index (Phi) is 4.53. The van der Waals surface area contributed by atoms with Gasteiger partial charge in [0.25, 0.3) is 0 Å². The molecule has 0 aliphatic rings. The molecule has 64 valence electrons. The average Bonchev–Trinajstić information content (AvgIpc) is 2.54. The van der Waals surface area contributed by atoms with E-state index in [1.807, 2.05) is 4.93 Å². The maximum atomic E-state index is 3.42. The van der Waals surface area contributed by atoms with Crippen molar-refractivity contribution in [3.8, 4) is 0 Å². The number of fused-ring (bicyclic) bond motifs is 1. The predicted octanol–water partition coefficient (Wildman–Crippen LogP) is 4.72. The third kappa shape index (κ3) is 2.44. The normalized spacial score (nSPS) is 9.25. The van der Waals surface area contributed by atoms with E-state index in [4.69, 9.17) is 0 Å². The van der Waals surface area contributed by atoms with Crippen LogP contribution in [-0.2, 0) is 0 Å². The van der Waals surface area contributed by atoms with Gasteiger partial charge in [0.2, 0.25) is 0 Å². The number of thiophene rings is 1. The molecule has 0 nitrogen and oxygen atoms in total. The smallest absolute Gasteiger partial charge is 0.0343 e. The third-order valence-corrected chi connectivity index (χ3v) is 2.81. The fourth-order valence-corrected chi connectivity index (χ4v) is 2.09. The minimum atomic E-state index is 1.15. The third-order valence-electron chi connectivity index (χ3n) is 1.41. The van der Waals surface area contributed by atoms with Crippen molar-refractivity contribution in [3.63, 3.8) is 0 Å². The lowest BCUT2D eigenvalue weighted by Crippen LogP contribution is -1.61. The molecule has 0 unspecified atom stereocenters. The first-order valence-electron chi connectivity index (χ1n) is 3.37. The van der Waals surface area contributed by atoms with Crippen molar-refractivity contribution >= 4 is 59.9 Å². The van der Waals surface area contributed by atoms with Crippen molar-refractivity contribution in [2.45, 2.75) is 0 Å². The molecule has 0 fully saturated rings. The van der Waals surface area contributed by atoms with Crippen LogP contribution in [0.15, 0.2) is 34.1 Å². The van der Waals surface area contributed by atoms with E-state index in [0.717, 1.165) is 4.47 Å². The van der Waals surface area contributed by atoms with Crippen LogP contribution in [0.2, 0.25) is 0 Å². The van der Waals surface area contributed by atoms with E-state index in [0.29, 0.717) is 0 Å². The van der Waals surface area contributed by atoms with Gasteiger partial charge >= 0.3 is 0 Å². The molecule has 0 saturated heterocycles. The molecule has 0 aliphatic carbocycles. The SMILES string of the molecule is Brc1ccc2sccc2c1.CI. The van der Waals surface area contributed by atoms with Crippen molar-refractivity contribution in [1.82, 2.24) is 0 Å². The fourth-order valence-electron chi connectivity index (χ4n) is 0.938. The monoisotopic (exact) mass is 354 g/mol. The van der Waals surface area contributed by atoms with Crippen LogP contribution in [0.3, 0.4) is 0 Å². The Morgan fingerprint density at radius 2 is 2.00 bits per heavy atom. The summed E-state index contributed by atoms with van der Waals surface area (Å²) >= 11 is 7.35. The summed E-state index contributed by atoms with van der Waals surface area (Å²) in [5.41, 5.74) is 0. The lowest BCUT2D eigenvalue weighted by Gasteiger charge is -1.88. The van der Waals surface area contributed by atoms with Gasteiger partial charge in [0, 0.05) is 9.17 Å². The van der Waals surface area contributed by atoms with Gasteiger partial charge in [-0.1, -0.05) is 38.5 Å². The molecule has 1 aromatic heterocycles. The quantitative estimate of drug-likeness (QED) is 0.474. The molecule has 2 aromatic rings. The lowest BCUT2D eigenvalue weighted by atomic mass is 10.3. The summed E-state index contributed by atoms with van der Waals surface area (Å²) in [6.45, 7) is 0. The molecule has 12 heavy (non-hydrogen) atoms. The Morgan fingerprint density at radius 1 is 1.25 bits per heavy atom. The van der Waals surface area contributed by atoms with E-state index in [-0.39, 0.29) is 0 Å². The van der Waals surface area contributed by atoms with E-state index in [2.05, 4.69) is 68.2 Å². The average molecular weight is 355 g/mol. The molecule has 0 saturated carbocycles. The summed E-state index contributed by atoms with van der Waals surface area (Å²) in [6, 6.07) is 8.46. The van der Waals surface area contributed by atoms with Crippen molar-refractivity contribution < 1.29 is 0 Å². The van der Waals surface area contributed by atoms with E-state index in [1.54, 1.807) is 11.3 Å². The van der Waals surface area contributed by atoms with Gasteiger partial charge in [-0.15, -0.1) is 11.3 Å². The van der Waals surface area contributed by atoms with Crippen LogP contribution in [0.1, 0.15) is 0 Å². The van der Waals surface area contributed by atoms with Crippen LogP contribution < -0.4 is 0 Å². The summed E-state index contributed by atoms with van der Waals surface area (Å²) in [6.07, 6.45) is 0. The molecule has 0 amide bonds. The van der Waals surface area contributed by atoms with Gasteiger partial charge in [0.15, 0.2) is 0 Å². The van der Waals surface area contributed by atoms with Gasteiger partial charge in [-0.2, -0.15) is 0 Å². The Morgan fingerprint density at radius 3 is 2.75 bits per heavy atom. The summed E-state index contributed by atoms with van der Waals surface area (Å²) in [5.74, 6) is 0.